The minimum absolute atomic E-state index is 0.134. The van der Waals surface area contributed by atoms with Crippen molar-refractivity contribution >= 4 is 23.5 Å². The molecule has 1 aromatic rings. The summed E-state index contributed by atoms with van der Waals surface area (Å²) in [4.78, 5) is 47.2. The van der Waals surface area contributed by atoms with Gasteiger partial charge in [0.2, 0.25) is 11.8 Å². The third kappa shape index (κ3) is 5.21. The zero-order valence-corrected chi connectivity index (χ0v) is 15.9. The maximum Gasteiger partial charge on any atom is 0.323 e. The molecule has 2 amide bonds. The van der Waals surface area contributed by atoms with Crippen LogP contribution >= 0.6 is 0 Å². The van der Waals surface area contributed by atoms with Crippen molar-refractivity contribution in [1.82, 2.24) is 9.88 Å². The Kier molecular flexibility index (Phi) is 6.49. The summed E-state index contributed by atoms with van der Waals surface area (Å²) in [5, 5.41) is 14.8. The Morgan fingerprint density at radius 2 is 1.61 bits per heavy atom. The average Bonchev–Trinajstić information content (AvgIpc) is 3.19. The van der Waals surface area contributed by atoms with E-state index in [2.05, 4.69) is 10.6 Å². The van der Waals surface area contributed by atoms with Crippen LogP contribution in [-0.2, 0) is 20.9 Å². The number of nitrogens with one attached hydrogen (secondary N) is 2. The zero-order valence-electron chi connectivity index (χ0n) is 15.9. The summed E-state index contributed by atoms with van der Waals surface area (Å²) >= 11 is 0. The number of aromatic nitrogens is 1. The van der Waals surface area contributed by atoms with Crippen molar-refractivity contribution in [3.05, 3.63) is 28.7 Å². The lowest BCUT2D eigenvalue weighted by Gasteiger charge is -2.29. The largest absolute Gasteiger partial charge is 0.480 e. The first-order chi connectivity index (χ1) is 13.4. The van der Waals surface area contributed by atoms with Crippen LogP contribution in [0.5, 0.6) is 0 Å². The van der Waals surface area contributed by atoms with E-state index in [4.69, 9.17) is 5.11 Å². The molecule has 0 bridgehead atoms. The van der Waals surface area contributed by atoms with Gasteiger partial charge in [-0.2, -0.15) is 0 Å². The van der Waals surface area contributed by atoms with Gasteiger partial charge in [0.05, 0.1) is 5.69 Å². The number of rotatable bonds is 6. The number of carbonyl (C=O) groups excluding carboxylic acids is 2. The van der Waals surface area contributed by atoms with E-state index < -0.39 is 18.1 Å². The van der Waals surface area contributed by atoms with E-state index in [9.17, 15) is 19.2 Å². The number of carboxylic acid groups (broad SMARTS) is 1. The molecule has 8 heteroatoms. The summed E-state index contributed by atoms with van der Waals surface area (Å²) in [6.07, 6.45) is 8.50. The lowest BCUT2D eigenvalue weighted by molar-refractivity contribution is -0.137. The van der Waals surface area contributed by atoms with E-state index in [0.717, 1.165) is 43.1 Å². The highest BCUT2D eigenvalue weighted by atomic mass is 16.4. The molecule has 2 saturated carbocycles. The van der Waals surface area contributed by atoms with Gasteiger partial charge < -0.3 is 20.3 Å². The summed E-state index contributed by atoms with van der Waals surface area (Å²) in [6, 6.07) is 2.86. The second kappa shape index (κ2) is 9.03. The minimum atomic E-state index is -1.12. The van der Waals surface area contributed by atoms with Crippen molar-refractivity contribution in [1.29, 1.82) is 0 Å². The molecule has 1 aromatic heterocycles. The minimum Gasteiger partial charge on any atom is -0.480 e. The lowest BCUT2D eigenvalue weighted by atomic mass is 9.85. The Labute approximate surface area is 163 Å². The van der Waals surface area contributed by atoms with Gasteiger partial charge in [-0.15, -0.1) is 0 Å². The molecular weight excluding hydrogens is 362 g/mol. The first-order valence-corrected chi connectivity index (χ1v) is 9.96. The van der Waals surface area contributed by atoms with Crippen molar-refractivity contribution in [2.45, 2.75) is 64.0 Å². The average molecular weight is 389 g/mol. The maximum atomic E-state index is 12.5. The molecule has 8 nitrogen and oxygen atoms in total. The molecule has 0 aliphatic heterocycles. The fourth-order valence-electron chi connectivity index (χ4n) is 4.13. The van der Waals surface area contributed by atoms with Crippen LogP contribution in [0.15, 0.2) is 23.1 Å². The highest BCUT2D eigenvalue weighted by molar-refractivity contribution is 5.92. The molecule has 28 heavy (non-hydrogen) atoms. The molecule has 0 aromatic carbocycles. The van der Waals surface area contributed by atoms with Crippen LogP contribution in [-0.4, -0.2) is 33.5 Å². The molecule has 3 N–H and O–H groups in total. The molecule has 2 aliphatic carbocycles. The van der Waals surface area contributed by atoms with Gasteiger partial charge in [-0.1, -0.05) is 12.8 Å². The van der Waals surface area contributed by atoms with Crippen molar-refractivity contribution in [2.75, 3.05) is 5.32 Å². The Morgan fingerprint density at radius 1 is 0.964 bits per heavy atom. The molecule has 1 heterocycles. The molecule has 2 aliphatic rings. The summed E-state index contributed by atoms with van der Waals surface area (Å²) in [5.74, 6) is -1.10. The normalized spacial score (nSPS) is 22.6. The van der Waals surface area contributed by atoms with Crippen LogP contribution in [0.25, 0.3) is 0 Å². The Hall–Kier alpha value is -2.64. The number of anilines is 1. The van der Waals surface area contributed by atoms with Gasteiger partial charge in [-0.3, -0.25) is 19.2 Å². The first kappa shape index (κ1) is 20.1. The Balaban J connectivity index is 1.49. The monoisotopic (exact) mass is 389 g/mol. The molecule has 0 saturated heterocycles. The first-order valence-electron chi connectivity index (χ1n) is 9.96. The van der Waals surface area contributed by atoms with Crippen molar-refractivity contribution < 1.29 is 19.5 Å². The molecule has 0 atom stereocenters. The number of aliphatic carboxylic acids is 1. The number of hydrogen-bond donors (Lipinski definition) is 3. The molecule has 2 fully saturated rings. The second-order valence-electron chi connectivity index (χ2n) is 7.81. The number of carboxylic acids is 1. The number of amides is 2. The van der Waals surface area contributed by atoms with E-state index >= 15 is 0 Å². The smallest absolute Gasteiger partial charge is 0.323 e. The lowest BCUT2D eigenvalue weighted by Crippen LogP contribution is -2.41. The van der Waals surface area contributed by atoms with Gasteiger partial charge in [0, 0.05) is 30.1 Å². The summed E-state index contributed by atoms with van der Waals surface area (Å²) in [7, 11) is 0. The van der Waals surface area contributed by atoms with Gasteiger partial charge in [0.15, 0.2) is 0 Å². The third-order valence-corrected chi connectivity index (χ3v) is 5.73. The van der Waals surface area contributed by atoms with E-state index in [1.54, 1.807) is 0 Å². The zero-order chi connectivity index (χ0) is 20.1. The van der Waals surface area contributed by atoms with Gasteiger partial charge in [-0.25, -0.2) is 0 Å². The summed E-state index contributed by atoms with van der Waals surface area (Å²) in [6.45, 7) is -0.450. The third-order valence-electron chi connectivity index (χ3n) is 5.73. The van der Waals surface area contributed by atoms with Crippen molar-refractivity contribution in [2.24, 2.45) is 11.8 Å². The van der Waals surface area contributed by atoms with Crippen LogP contribution in [0.1, 0.15) is 51.4 Å². The van der Waals surface area contributed by atoms with E-state index in [0.29, 0.717) is 18.5 Å². The highest BCUT2D eigenvalue weighted by Crippen LogP contribution is 2.28. The number of pyridine rings is 1. The van der Waals surface area contributed by atoms with Crippen molar-refractivity contribution in [3.63, 3.8) is 0 Å². The van der Waals surface area contributed by atoms with E-state index in [1.807, 2.05) is 0 Å². The molecule has 3 rings (SSSR count). The number of carbonyl (C=O) groups is 3. The quantitative estimate of drug-likeness (QED) is 0.685. The van der Waals surface area contributed by atoms with Crippen LogP contribution in [0, 0.1) is 11.8 Å². The summed E-state index contributed by atoms with van der Waals surface area (Å²) in [5.41, 5.74) is -0.0265. The van der Waals surface area contributed by atoms with Gasteiger partial charge in [-0.05, 0) is 44.6 Å². The second-order valence-corrected chi connectivity index (χ2v) is 7.81. The van der Waals surface area contributed by atoms with Gasteiger partial charge in [0.25, 0.3) is 5.56 Å². The maximum absolute atomic E-state index is 12.5. The van der Waals surface area contributed by atoms with Crippen LogP contribution in [0.2, 0.25) is 0 Å². The number of nitrogens with zero attached hydrogens (tertiary/aromatic N) is 1. The fraction of sp³-hybridized carbons (Fsp3) is 0.600. The standard InChI is InChI=1S/C20H27N3O5/c24-17-10-9-16(11-23(17)12-18(25)26)22-20(28)14-5-7-15(8-6-14)21-19(27)13-3-1-2-4-13/h9-11,13-15H,1-8,12H2,(H,21,27)(H,22,28)(H,25,26). The highest BCUT2D eigenvalue weighted by Gasteiger charge is 2.29. The molecule has 0 radical (unpaired) electrons. The van der Waals surface area contributed by atoms with Crippen LogP contribution in [0.4, 0.5) is 5.69 Å². The van der Waals surface area contributed by atoms with Crippen LogP contribution < -0.4 is 16.2 Å². The van der Waals surface area contributed by atoms with Crippen LogP contribution in [0.3, 0.4) is 0 Å². The molecule has 0 unspecified atom stereocenters. The Bertz CT molecular complexity index is 789. The molecule has 152 valence electrons. The fourth-order valence-corrected chi connectivity index (χ4v) is 4.13. The van der Waals surface area contributed by atoms with Gasteiger partial charge in [0.1, 0.15) is 6.54 Å². The van der Waals surface area contributed by atoms with E-state index in [1.165, 1.54) is 18.3 Å². The van der Waals surface area contributed by atoms with Gasteiger partial charge >= 0.3 is 5.97 Å². The number of hydrogen-bond acceptors (Lipinski definition) is 4. The summed E-state index contributed by atoms with van der Waals surface area (Å²) < 4.78 is 1.05. The van der Waals surface area contributed by atoms with Crippen molar-refractivity contribution in [3.8, 4) is 0 Å². The Morgan fingerprint density at radius 3 is 2.25 bits per heavy atom. The SMILES string of the molecule is O=C(O)Cn1cc(NC(=O)C2CCC(NC(=O)C3CCCC3)CC2)ccc1=O. The van der Waals surface area contributed by atoms with E-state index in [-0.39, 0.29) is 29.7 Å². The molecular formula is C20H27N3O5. The predicted octanol–water partition coefficient (Wildman–Crippen LogP) is 1.74. The predicted molar refractivity (Wildman–Crippen MR) is 103 cm³/mol. The topological polar surface area (TPSA) is 118 Å². The molecule has 0 spiro atoms.